The molecule has 25 heavy (non-hydrogen) atoms. The summed E-state index contributed by atoms with van der Waals surface area (Å²) in [6.45, 7) is 2.13. The number of carbonyl (C=O) groups is 1. The van der Waals surface area contributed by atoms with Gasteiger partial charge in [0.15, 0.2) is 0 Å². The number of urea groups is 1. The molecule has 1 atom stereocenters. The molecular weight excluding hydrogens is 316 g/mol. The van der Waals surface area contributed by atoms with Gasteiger partial charge >= 0.3 is 6.03 Å². The van der Waals surface area contributed by atoms with Crippen molar-refractivity contribution in [1.29, 1.82) is 0 Å². The standard InChI is InChI=1S/C19H26N4O2/c1-25-17-8-6-16(7-9-17)18-5-3-2-4-12-23(18)19(24)21-11-14-22-13-10-20-15-22/h6-10,13,15,18H,2-5,11-12,14H2,1H3,(H,21,24)/t18-/m1/s1. The molecule has 2 aromatic rings. The van der Waals surface area contributed by atoms with Crippen LogP contribution >= 0.6 is 0 Å². The quantitative estimate of drug-likeness (QED) is 0.907. The summed E-state index contributed by atoms with van der Waals surface area (Å²) in [5, 5.41) is 3.05. The average Bonchev–Trinajstić information content (AvgIpc) is 3.04. The molecule has 1 aliphatic rings. The maximum absolute atomic E-state index is 12.8. The van der Waals surface area contributed by atoms with Crippen LogP contribution in [0.1, 0.15) is 37.3 Å². The number of imidazole rings is 1. The minimum Gasteiger partial charge on any atom is -0.497 e. The van der Waals surface area contributed by atoms with Gasteiger partial charge < -0.3 is 19.5 Å². The highest BCUT2D eigenvalue weighted by Gasteiger charge is 2.26. The molecule has 0 aliphatic carbocycles. The Morgan fingerprint density at radius 2 is 2.12 bits per heavy atom. The summed E-state index contributed by atoms with van der Waals surface area (Å²) < 4.78 is 7.21. The van der Waals surface area contributed by atoms with Crippen molar-refractivity contribution < 1.29 is 9.53 Å². The number of amides is 2. The number of nitrogens with one attached hydrogen (secondary N) is 1. The fourth-order valence-corrected chi connectivity index (χ4v) is 3.34. The molecule has 2 heterocycles. The smallest absolute Gasteiger partial charge is 0.317 e. The van der Waals surface area contributed by atoms with Crippen molar-refractivity contribution in [3.8, 4) is 5.75 Å². The summed E-state index contributed by atoms with van der Waals surface area (Å²) in [5.41, 5.74) is 1.17. The van der Waals surface area contributed by atoms with Crippen LogP contribution in [-0.2, 0) is 6.54 Å². The van der Waals surface area contributed by atoms with Gasteiger partial charge in [-0.05, 0) is 30.5 Å². The molecule has 1 aromatic heterocycles. The number of hydrogen-bond acceptors (Lipinski definition) is 3. The highest BCUT2D eigenvalue weighted by molar-refractivity contribution is 5.74. The Hall–Kier alpha value is -2.50. The number of likely N-dealkylation sites (tertiary alicyclic amines) is 1. The number of hydrogen-bond donors (Lipinski definition) is 1. The number of benzene rings is 1. The van der Waals surface area contributed by atoms with E-state index in [0.29, 0.717) is 6.54 Å². The summed E-state index contributed by atoms with van der Waals surface area (Å²) in [6.07, 6.45) is 9.79. The number of rotatable bonds is 5. The number of methoxy groups -OCH3 is 1. The molecule has 3 rings (SSSR count). The molecule has 6 heteroatoms. The zero-order chi connectivity index (χ0) is 17.5. The first-order chi connectivity index (χ1) is 12.3. The second kappa shape index (κ2) is 8.55. The largest absolute Gasteiger partial charge is 0.497 e. The molecule has 1 fully saturated rings. The van der Waals surface area contributed by atoms with Crippen molar-refractivity contribution >= 4 is 6.03 Å². The molecule has 134 valence electrons. The summed E-state index contributed by atoms with van der Waals surface area (Å²) in [5.74, 6) is 0.841. The summed E-state index contributed by atoms with van der Waals surface area (Å²) in [4.78, 5) is 18.8. The lowest BCUT2D eigenvalue weighted by molar-refractivity contribution is 0.175. The Balaban J connectivity index is 1.65. The van der Waals surface area contributed by atoms with Gasteiger partial charge in [0.2, 0.25) is 0 Å². The summed E-state index contributed by atoms with van der Waals surface area (Å²) >= 11 is 0. The van der Waals surface area contributed by atoms with Crippen LogP contribution < -0.4 is 10.1 Å². The minimum absolute atomic E-state index is 0.0165. The van der Waals surface area contributed by atoms with Crippen LogP contribution in [0.25, 0.3) is 0 Å². The van der Waals surface area contributed by atoms with Crippen molar-refractivity contribution in [3.05, 3.63) is 48.5 Å². The Kier molecular flexibility index (Phi) is 5.93. The van der Waals surface area contributed by atoms with Gasteiger partial charge in [0.25, 0.3) is 0 Å². The molecule has 0 unspecified atom stereocenters. The van der Waals surface area contributed by atoms with E-state index in [1.54, 1.807) is 19.6 Å². The zero-order valence-electron chi connectivity index (χ0n) is 14.7. The molecule has 2 amide bonds. The number of aromatic nitrogens is 2. The normalized spacial score (nSPS) is 17.8. The lowest BCUT2D eigenvalue weighted by atomic mass is 10.0. The highest BCUT2D eigenvalue weighted by Crippen LogP contribution is 2.31. The third kappa shape index (κ3) is 4.53. The molecule has 0 bridgehead atoms. The van der Waals surface area contributed by atoms with Crippen LogP contribution in [0.3, 0.4) is 0 Å². The lowest BCUT2D eigenvalue weighted by Crippen LogP contribution is -2.43. The van der Waals surface area contributed by atoms with Gasteiger partial charge in [0, 0.05) is 32.0 Å². The van der Waals surface area contributed by atoms with Gasteiger partial charge in [0.05, 0.1) is 19.5 Å². The molecule has 1 saturated heterocycles. The van der Waals surface area contributed by atoms with Crippen molar-refractivity contribution in [2.24, 2.45) is 0 Å². The number of nitrogens with zero attached hydrogens (tertiary/aromatic N) is 3. The van der Waals surface area contributed by atoms with Crippen molar-refractivity contribution in [1.82, 2.24) is 19.8 Å². The first-order valence-electron chi connectivity index (χ1n) is 8.92. The molecule has 6 nitrogen and oxygen atoms in total. The Labute approximate surface area is 148 Å². The summed E-state index contributed by atoms with van der Waals surface area (Å²) in [7, 11) is 1.67. The van der Waals surface area contributed by atoms with Crippen LogP contribution in [0.4, 0.5) is 4.79 Å². The van der Waals surface area contributed by atoms with Crippen LogP contribution in [0.15, 0.2) is 43.0 Å². The van der Waals surface area contributed by atoms with Crippen LogP contribution in [0, 0.1) is 0 Å². The Morgan fingerprint density at radius 3 is 2.84 bits per heavy atom. The first-order valence-corrected chi connectivity index (χ1v) is 8.92. The zero-order valence-corrected chi connectivity index (χ0v) is 14.7. The summed E-state index contributed by atoms with van der Waals surface area (Å²) in [6, 6.07) is 8.22. The van der Waals surface area contributed by atoms with E-state index in [-0.39, 0.29) is 12.1 Å². The average molecular weight is 342 g/mol. The maximum atomic E-state index is 12.8. The SMILES string of the molecule is COc1ccc([C@H]2CCCCCN2C(=O)NCCn2ccnc2)cc1. The number of carbonyl (C=O) groups excluding carboxylic acids is 1. The fourth-order valence-electron chi connectivity index (χ4n) is 3.34. The molecule has 1 aromatic carbocycles. The van der Waals surface area contributed by atoms with E-state index in [2.05, 4.69) is 22.4 Å². The van der Waals surface area contributed by atoms with Crippen LogP contribution in [0.5, 0.6) is 5.75 Å². The van der Waals surface area contributed by atoms with E-state index in [9.17, 15) is 4.79 Å². The molecule has 0 spiro atoms. The first kappa shape index (κ1) is 17.3. The predicted octanol–water partition coefficient (Wildman–Crippen LogP) is 3.22. The van der Waals surface area contributed by atoms with Crippen molar-refractivity contribution in [2.45, 2.75) is 38.3 Å². The van der Waals surface area contributed by atoms with E-state index in [0.717, 1.165) is 38.1 Å². The third-order valence-corrected chi connectivity index (χ3v) is 4.72. The second-order valence-electron chi connectivity index (χ2n) is 6.36. The Morgan fingerprint density at radius 1 is 1.28 bits per heavy atom. The molecule has 1 aliphatic heterocycles. The van der Waals surface area contributed by atoms with Gasteiger partial charge in [-0.25, -0.2) is 9.78 Å². The van der Waals surface area contributed by atoms with Gasteiger partial charge in [-0.2, -0.15) is 0 Å². The maximum Gasteiger partial charge on any atom is 0.317 e. The monoisotopic (exact) mass is 342 g/mol. The van der Waals surface area contributed by atoms with Crippen molar-refractivity contribution in [3.63, 3.8) is 0 Å². The van der Waals surface area contributed by atoms with Crippen LogP contribution in [-0.4, -0.2) is 40.7 Å². The number of ether oxygens (including phenoxy) is 1. The van der Waals surface area contributed by atoms with E-state index >= 15 is 0 Å². The molecular formula is C19H26N4O2. The fraction of sp³-hybridized carbons (Fsp3) is 0.474. The van der Waals surface area contributed by atoms with Crippen LogP contribution in [0.2, 0.25) is 0 Å². The van der Waals surface area contributed by atoms with E-state index in [1.165, 1.54) is 12.0 Å². The minimum atomic E-state index is 0.0165. The van der Waals surface area contributed by atoms with Gasteiger partial charge in [-0.3, -0.25) is 0 Å². The van der Waals surface area contributed by atoms with E-state index in [4.69, 9.17) is 4.74 Å². The predicted molar refractivity (Wildman–Crippen MR) is 96.5 cm³/mol. The lowest BCUT2D eigenvalue weighted by Gasteiger charge is -2.30. The van der Waals surface area contributed by atoms with Gasteiger partial charge in [-0.1, -0.05) is 25.0 Å². The van der Waals surface area contributed by atoms with E-state index < -0.39 is 0 Å². The Bertz CT molecular complexity index is 655. The topological polar surface area (TPSA) is 59.4 Å². The van der Waals surface area contributed by atoms with E-state index in [1.807, 2.05) is 27.8 Å². The van der Waals surface area contributed by atoms with Gasteiger partial charge in [0.1, 0.15) is 5.75 Å². The molecule has 1 N–H and O–H groups in total. The third-order valence-electron chi connectivity index (χ3n) is 4.72. The second-order valence-corrected chi connectivity index (χ2v) is 6.36. The molecule has 0 saturated carbocycles. The highest BCUT2D eigenvalue weighted by atomic mass is 16.5. The molecule has 0 radical (unpaired) electrons. The van der Waals surface area contributed by atoms with Gasteiger partial charge in [-0.15, -0.1) is 0 Å². The van der Waals surface area contributed by atoms with Crippen molar-refractivity contribution in [2.75, 3.05) is 20.2 Å².